The third kappa shape index (κ3) is 3.10. The van der Waals surface area contributed by atoms with E-state index in [0.29, 0.717) is 0 Å². The van der Waals surface area contributed by atoms with Crippen molar-refractivity contribution < 1.29 is 22.7 Å². The van der Waals surface area contributed by atoms with Gasteiger partial charge < -0.3 is 5.11 Å². The maximum atomic E-state index is 13.5. The van der Waals surface area contributed by atoms with Gasteiger partial charge in [-0.25, -0.2) is 12.8 Å². The van der Waals surface area contributed by atoms with E-state index in [4.69, 9.17) is 0 Å². The van der Waals surface area contributed by atoms with Crippen molar-refractivity contribution in [3.63, 3.8) is 0 Å². The van der Waals surface area contributed by atoms with Crippen LogP contribution in [0.3, 0.4) is 0 Å². The SMILES string of the molecule is CCC(CC)(NS(=O)(=O)c1ccccc1F)C(=O)O. The summed E-state index contributed by atoms with van der Waals surface area (Å²) in [5.41, 5.74) is -1.62. The Morgan fingerprint density at radius 3 is 2.26 bits per heavy atom. The fraction of sp³-hybridized carbons (Fsp3) is 0.417. The molecule has 0 atom stereocenters. The summed E-state index contributed by atoms with van der Waals surface area (Å²) in [5.74, 6) is -2.20. The molecule has 0 amide bonds. The summed E-state index contributed by atoms with van der Waals surface area (Å²) in [4.78, 5) is 10.7. The lowest BCUT2D eigenvalue weighted by Crippen LogP contribution is -2.53. The van der Waals surface area contributed by atoms with Crippen LogP contribution >= 0.6 is 0 Å². The molecule has 1 aromatic rings. The largest absolute Gasteiger partial charge is 0.480 e. The second-order valence-electron chi connectivity index (χ2n) is 4.13. The molecule has 2 N–H and O–H groups in total. The average molecular weight is 289 g/mol. The standard InChI is InChI=1S/C12H16FNO4S/c1-3-12(4-2,11(15)16)14-19(17,18)10-8-6-5-7-9(10)13/h5-8,14H,3-4H2,1-2H3,(H,15,16). The molecule has 1 aromatic carbocycles. The molecule has 0 spiro atoms. The van der Waals surface area contributed by atoms with Crippen molar-refractivity contribution in [2.75, 3.05) is 0 Å². The van der Waals surface area contributed by atoms with Gasteiger partial charge in [-0.15, -0.1) is 0 Å². The van der Waals surface area contributed by atoms with Gasteiger partial charge in [0.25, 0.3) is 0 Å². The minimum absolute atomic E-state index is 0.0620. The molecule has 0 saturated heterocycles. The molecule has 0 aliphatic rings. The number of hydrogen-bond donors (Lipinski definition) is 2. The predicted molar refractivity (Wildman–Crippen MR) is 67.7 cm³/mol. The van der Waals surface area contributed by atoms with E-state index in [1.807, 2.05) is 0 Å². The molecule has 0 radical (unpaired) electrons. The second kappa shape index (κ2) is 5.66. The van der Waals surface area contributed by atoms with Crippen LogP contribution < -0.4 is 4.72 Å². The van der Waals surface area contributed by atoms with Crippen LogP contribution in [0.2, 0.25) is 0 Å². The molecule has 106 valence electrons. The fourth-order valence-corrected chi connectivity index (χ4v) is 3.30. The number of carboxylic acid groups (broad SMARTS) is 1. The highest BCUT2D eigenvalue weighted by Gasteiger charge is 2.39. The highest BCUT2D eigenvalue weighted by Crippen LogP contribution is 2.21. The number of aliphatic carboxylic acids is 1. The van der Waals surface area contributed by atoms with Gasteiger partial charge in [0.2, 0.25) is 10.0 Å². The molecule has 1 rings (SSSR count). The molecule has 0 aromatic heterocycles. The van der Waals surface area contributed by atoms with Crippen molar-refractivity contribution in [1.29, 1.82) is 0 Å². The first-order valence-electron chi connectivity index (χ1n) is 5.81. The van der Waals surface area contributed by atoms with Crippen LogP contribution in [0.1, 0.15) is 26.7 Å². The van der Waals surface area contributed by atoms with Crippen LogP contribution in [0.25, 0.3) is 0 Å². The Labute approximate surface area is 111 Å². The van der Waals surface area contributed by atoms with Crippen molar-refractivity contribution in [1.82, 2.24) is 4.72 Å². The van der Waals surface area contributed by atoms with Gasteiger partial charge in [-0.2, -0.15) is 4.72 Å². The molecular formula is C12H16FNO4S. The monoisotopic (exact) mass is 289 g/mol. The number of carboxylic acids is 1. The normalized spacial score (nSPS) is 12.4. The number of carbonyl (C=O) groups is 1. The van der Waals surface area contributed by atoms with Crippen LogP contribution in [0.4, 0.5) is 4.39 Å². The van der Waals surface area contributed by atoms with Crippen molar-refractivity contribution >= 4 is 16.0 Å². The molecular weight excluding hydrogens is 273 g/mol. The summed E-state index contributed by atoms with van der Waals surface area (Å²) in [6.07, 6.45) is 0.124. The van der Waals surface area contributed by atoms with Gasteiger partial charge in [0.1, 0.15) is 16.3 Å². The first-order chi connectivity index (χ1) is 8.79. The van der Waals surface area contributed by atoms with Crippen LogP contribution in [0.5, 0.6) is 0 Å². The van der Waals surface area contributed by atoms with Crippen molar-refractivity contribution in [2.45, 2.75) is 37.1 Å². The van der Waals surface area contributed by atoms with Gasteiger partial charge in [-0.05, 0) is 25.0 Å². The van der Waals surface area contributed by atoms with Gasteiger partial charge in [-0.3, -0.25) is 4.79 Å². The van der Waals surface area contributed by atoms with Gasteiger partial charge in [0.15, 0.2) is 0 Å². The Kier molecular flexibility index (Phi) is 4.65. The predicted octanol–water partition coefficient (Wildman–Crippen LogP) is 1.75. The summed E-state index contributed by atoms with van der Waals surface area (Å²) >= 11 is 0. The zero-order valence-corrected chi connectivity index (χ0v) is 11.5. The topological polar surface area (TPSA) is 83.5 Å². The van der Waals surface area contributed by atoms with Crippen LogP contribution in [0, 0.1) is 5.82 Å². The lowest BCUT2D eigenvalue weighted by Gasteiger charge is -2.27. The minimum atomic E-state index is -4.22. The summed E-state index contributed by atoms with van der Waals surface area (Å²) in [6, 6.07) is 4.83. The first kappa shape index (κ1) is 15.6. The van der Waals surface area contributed by atoms with Gasteiger partial charge in [0, 0.05) is 0 Å². The van der Waals surface area contributed by atoms with E-state index < -0.39 is 32.2 Å². The first-order valence-corrected chi connectivity index (χ1v) is 7.29. The zero-order chi connectivity index (χ0) is 14.7. The fourth-order valence-electron chi connectivity index (χ4n) is 1.72. The zero-order valence-electron chi connectivity index (χ0n) is 10.7. The van der Waals surface area contributed by atoms with E-state index in [1.165, 1.54) is 12.1 Å². The van der Waals surface area contributed by atoms with E-state index in [9.17, 15) is 22.7 Å². The molecule has 0 aliphatic carbocycles. The quantitative estimate of drug-likeness (QED) is 0.835. The molecule has 0 heterocycles. The maximum absolute atomic E-state index is 13.5. The maximum Gasteiger partial charge on any atom is 0.324 e. The summed E-state index contributed by atoms with van der Waals surface area (Å²) < 4.78 is 39.8. The Hall–Kier alpha value is -1.47. The van der Waals surface area contributed by atoms with Gasteiger partial charge in [-0.1, -0.05) is 26.0 Å². The molecule has 0 bridgehead atoms. The Bertz CT molecular complexity index is 567. The highest BCUT2D eigenvalue weighted by atomic mass is 32.2. The second-order valence-corrected chi connectivity index (χ2v) is 5.78. The van der Waals surface area contributed by atoms with Crippen LogP contribution in [0.15, 0.2) is 29.2 Å². The number of rotatable bonds is 6. The molecule has 19 heavy (non-hydrogen) atoms. The molecule has 0 unspecified atom stereocenters. The Morgan fingerprint density at radius 2 is 1.84 bits per heavy atom. The molecule has 7 heteroatoms. The number of halogens is 1. The average Bonchev–Trinajstić information content (AvgIpc) is 2.36. The van der Waals surface area contributed by atoms with Crippen molar-refractivity contribution in [3.05, 3.63) is 30.1 Å². The molecule has 0 saturated carbocycles. The van der Waals surface area contributed by atoms with E-state index >= 15 is 0 Å². The Balaban J connectivity index is 3.23. The number of sulfonamides is 1. The lowest BCUT2D eigenvalue weighted by atomic mass is 9.95. The van der Waals surface area contributed by atoms with Gasteiger partial charge >= 0.3 is 5.97 Å². The van der Waals surface area contributed by atoms with E-state index in [1.54, 1.807) is 13.8 Å². The molecule has 0 fully saturated rings. The summed E-state index contributed by atoms with van der Waals surface area (Å²) in [6.45, 7) is 3.11. The number of nitrogens with one attached hydrogen (secondary N) is 1. The van der Waals surface area contributed by atoms with E-state index in [2.05, 4.69) is 4.72 Å². The third-order valence-electron chi connectivity index (χ3n) is 3.07. The van der Waals surface area contributed by atoms with Crippen LogP contribution in [-0.2, 0) is 14.8 Å². The highest BCUT2D eigenvalue weighted by molar-refractivity contribution is 7.89. The summed E-state index contributed by atoms with van der Waals surface area (Å²) in [7, 11) is -4.22. The number of benzene rings is 1. The van der Waals surface area contributed by atoms with Crippen LogP contribution in [-0.4, -0.2) is 25.0 Å². The molecule has 5 nitrogen and oxygen atoms in total. The smallest absolute Gasteiger partial charge is 0.324 e. The Morgan fingerprint density at radius 1 is 1.32 bits per heavy atom. The van der Waals surface area contributed by atoms with Crippen molar-refractivity contribution in [2.24, 2.45) is 0 Å². The van der Waals surface area contributed by atoms with Gasteiger partial charge in [0.05, 0.1) is 0 Å². The van der Waals surface area contributed by atoms with Crippen molar-refractivity contribution in [3.8, 4) is 0 Å². The van der Waals surface area contributed by atoms with E-state index in [-0.39, 0.29) is 12.8 Å². The molecule has 0 aliphatic heterocycles. The minimum Gasteiger partial charge on any atom is -0.480 e. The summed E-state index contributed by atoms with van der Waals surface area (Å²) in [5, 5.41) is 9.18. The van der Waals surface area contributed by atoms with E-state index in [0.717, 1.165) is 12.1 Å². The number of hydrogen-bond acceptors (Lipinski definition) is 3. The third-order valence-corrected chi connectivity index (χ3v) is 4.64. The lowest BCUT2D eigenvalue weighted by molar-refractivity contribution is -0.144.